The van der Waals surface area contributed by atoms with Crippen molar-refractivity contribution in [2.24, 2.45) is 5.92 Å². The molecule has 209 valence electrons. The number of halogens is 1. The van der Waals surface area contributed by atoms with Crippen LogP contribution in [0.4, 0.5) is 16.2 Å². The van der Waals surface area contributed by atoms with Crippen LogP contribution in [0.3, 0.4) is 0 Å². The van der Waals surface area contributed by atoms with Crippen molar-refractivity contribution >= 4 is 44.9 Å². The first-order valence-electron chi connectivity index (χ1n) is 13.4. The molecule has 5 rings (SSSR count). The molecule has 2 saturated heterocycles. The van der Waals surface area contributed by atoms with Crippen molar-refractivity contribution in [1.82, 2.24) is 15.1 Å². The predicted octanol–water partition coefficient (Wildman–Crippen LogP) is 3.01. The van der Waals surface area contributed by atoms with E-state index in [-0.39, 0.29) is 11.9 Å². The van der Waals surface area contributed by atoms with E-state index in [2.05, 4.69) is 10.2 Å². The molecule has 1 atom stereocenters. The molecule has 1 N–H and O–H groups in total. The molecule has 9 nitrogen and oxygen atoms in total. The summed E-state index contributed by atoms with van der Waals surface area (Å²) in [5, 5.41) is 3.56. The number of nitrogens with one attached hydrogen (secondary N) is 1. The molecule has 1 radical (unpaired) electrons. The van der Waals surface area contributed by atoms with Crippen LogP contribution in [0, 0.1) is 12.3 Å². The van der Waals surface area contributed by atoms with Gasteiger partial charge < -0.3 is 20.0 Å². The largest absolute Gasteiger partial charge is 0.366 e. The number of amides is 3. The Hall–Kier alpha value is -2.98. The van der Waals surface area contributed by atoms with E-state index in [4.69, 9.17) is 11.6 Å². The van der Waals surface area contributed by atoms with Crippen LogP contribution in [0.15, 0.2) is 48.5 Å². The molecule has 2 aromatic carbocycles. The Bertz CT molecular complexity index is 1290. The zero-order valence-electron chi connectivity index (χ0n) is 22.1. The number of sulfonamides is 1. The van der Waals surface area contributed by atoms with Crippen molar-refractivity contribution in [3.8, 4) is 0 Å². The molecule has 3 amide bonds. The van der Waals surface area contributed by atoms with E-state index in [0.29, 0.717) is 68.9 Å². The lowest BCUT2D eigenvalue weighted by molar-refractivity contribution is -0.133. The second-order valence-corrected chi connectivity index (χ2v) is 12.9. The average molecular weight is 573 g/mol. The lowest BCUT2D eigenvalue weighted by Crippen LogP contribution is -2.58. The number of nitrogens with zero attached hydrogens (tertiary/aromatic N) is 4. The molecule has 0 unspecified atom stereocenters. The third-order valence-corrected chi connectivity index (χ3v) is 8.94. The smallest absolute Gasteiger partial charge is 0.318 e. The van der Waals surface area contributed by atoms with Crippen LogP contribution in [0.2, 0.25) is 5.02 Å². The molecule has 2 aromatic rings. The summed E-state index contributed by atoms with van der Waals surface area (Å²) in [6, 6.07) is 14.0. The lowest BCUT2D eigenvalue weighted by atomic mass is 10.0. The van der Waals surface area contributed by atoms with Gasteiger partial charge in [0, 0.05) is 63.7 Å². The number of carbonyl (C=O) groups excluding carboxylic acids is 2. The maximum absolute atomic E-state index is 13.7. The second kappa shape index (κ2) is 11.6. The SMILES string of the molecule is CS(=O)(=O)N(CC1CC1)c1ccccc1N1CCN(C(=O)[C@H](Cc2ccc(Cl)cc2)NC(=O)N2C[CH]C2)CC1. The van der Waals surface area contributed by atoms with Gasteiger partial charge in [-0.2, -0.15) is 0 Å². The molecular formula is C28H35ClN5O4S. The highest BCUT2D eigenvalue weighted by Crippen LogP contribution is 2.37. The normalized spacial score (nSPS) is 18.4. The summed E-state index contributed by atoms with van der Waals surface area (Å²) < 4.78 is 26.9. The number of likely N-dealkylation sites (tertiary alicyclic amines) is 1. The van der Waals surface area contributed by atoms with Crippen molar-refractivity contribution in [3.05, 3.63) is 65.5 Å². The van der Waals surface area contributed by atoms with Gasteiger partial charge in [-0.25, -0.2) is 13.2 Å². The standard InChI is InChI=1S/C28H35ClN5O4S/c1-39(37,38)34(20-22-7-8-22)26-6-3-2-5-25(26)31-15-17-32(18-16-31)27(35)24(30-28(36)33-13-4-14-33)19-21-9-11-23(29)12-10-21/h2-6,9-12,22,24H,7-8,13-20H2,1H3,(H,30,36)/t24-/m0/s1. The van der Waals surface area contributed by atoms with E-state index < -0.39 is 16.1 Å². The van der Waals surface area contributed by atoms with Gasteiger partial charge >= 0.3 is 6.03 Å². The van der Waals surface area contributed by atoms with Gasteiger partial charge in [-0.1, -0.05) is 35.9 Å². The Morgan fingerprint density at radius 3 is 2.26 bits per heavy atom. The number of para-hydroxylation sites is 2. The summed E-state index contributed by atoms with van der Waals surface area (Å²) in [4.78, 5) is 32.0. The zero-order chi connectivity index (χ0) is 27.6. The van der Waals surface area contributed by atoms with Gasteiger partial charge in [0.2, 0.25) is 15.9 Å². The van der Waals surface area contributed by atoms with Crippen LogP contribution in [0.5, 0.6) is 0 Å². The van der Waals surface area contributed by atoms with Crippen molar-refractivity contribution < 1.29 is 18.0 Å². The fourth-order valence-corrected chi connectivity index (χ4v) is 6.12. The maximum Gasteiger partial charge on any atom is 0.318 e. The molecule has 0 aromatic heterocycles. The number of benzene rings is 2. The quantitative estimate of drug-likeness (QED) is 0.499. The fraction of sp³-hybridized carbons (Fsp3) is 0.464. The van der Waals surface area contributed by atoms with E-state index in [1.807, 2.05) is 42.8 Å². The molecule has 3 aliphatic rings. The second-order valence-electron chi connectivity index (χ2n) is 10.6. The molecule has 0 bridgehead atoms. The molecule has 1 saturated carbocycles. The van der Waals surface area contributed by atoms with Gasteiger partial charge in [-0.15, -0.1) is 0 Å². The number of carbonyl (C=O) groups is 2. The highest BCUT2D eigenvalue weighted by Gasteiger charge is 2.34. The third-order valence-electron chi connectivity index (χ3n) is 7.54. The van der Waals surface area contributed by atoms with Gasteiger partial charge in [0.1, 0.15) is 6.04 Å². The Morgan fingerprint density at radius 2 is 1.67 bits per heavy atom. The summed E-state index contributed by atoms with van der Waals surface area (Å²) in [5.41, 5.74) is 2.46. The van der Waals surface area contributed by atoms with Crippen molar-refractivity contribution in [2.75, 3.05) is 61.3 Å². The number of anilines is 2. The summed E-state index contributed by atoms with van der Waals surface area (Å²) in [5.74, 6) is 0.284. The molecule has 3 fully saturated rings. The topological polar surface area (TPSA) is 93.3 Å². The summed E-state index contributed by atoms with van der Waals surface area (Å²) in [7, 11) is -3.43. The molecule has 39 heavy (non-hydrogen) atoms. The third kappa shape index (κ3) is 6.78. The Kier molecular flexibility index (Phi) is 8.23. The molecule has 11 heteroatoms. The monoisotopic (exact) mass is 572 g/mol. The van der Waals surface area contributed by atoms with Crippen LogP contribution < -0.4 is 14.5 Å². The van der Waals surface area contributed by atoms with Crippen LogP contribution in [0.1, 0.15) is 18.4 Å². The van der Waals surface area contributed by atoms with Crippen LogP contribution in [-0.2, 0) is 21.2 Å². The van der Waals surface area contributed by atoms with E-state index in [0.717, 1.165) is 24.1 Å². The Labute approximate surface area is 235 Å². The first-order chi connectivity index (χ1) is 18.7. The number of urea groups is 1. The summed E-state index contributed by atoms with van der Waals surface area (Å²) in [6.07, 6.45) is 5.74. The van der Waals surface area contributed by atoms with Crippen molar-refractivity contribution in [3.63, 3.8) is 0 Å². The molecular weight excluding hydrogens is 538 g/mol. The van der Waals surface area contributed by atoms with Gasteiger partial charge in [0.15, 0.2) is 0 Å². The number of hydrogen-bond acceptors (Lipinski definition) is 5. The highest BCUT2D eigenvalue weighted by atomic mass is 35.5. The fourth-order valence-electron chi connectivity index (χ4n) is 5.00. The molecule has 2 aliphatic heterocycles. The molecule has 0 spiro atoms. The minimum atomic E-state index is -3.43. The van der Waals surface area contributed by atoms with E-state index in [1.54, 1.807) is 21.9 Å². The van der Waals surface area contributed by atoms with E-state index in [9.17, 15) is 18.0 Å². The predicted molar refractivity (Wildman–Crippen MR) is 153 cm³/mol. The molecule has 1 aliphatic carbocycles. The van der Waals surface area contributed by atoms with Crippen molar-refractivity contribution in [1.29, 1.82) is 0 Å². The van der Waals surface area contributed by atoms with Gasteiger partial charge in [-0.05, 0) is 48.6 Å². The van der Waals surface area contributed by atoms with E-state index >= 15 is 0 Å². The number of rotatable bonds is 9. The lowest BCUT2D eigenvalue weighted by Gasteiger charge is -2.40. The zero-order valence-corrected chi connectivity index (χ0v) is 23.7. The highest BCUT2D eigenvalue weighted by molar-refractivity contribution is 7.92. The maximum atomic E-state index is 13.7. The van der Waals surface area contributed by atoms with Gasteiger partial charge in [0.05, 0.1) is 17.6 Å². The number of hydrogen-bond donors (Lipinski definition) is 1. The van der Waals surface area contributed by atoms with Gasteiger partial charge in [0.25, 0.3) is 0 Å². The summed E-state index contributed by atoms with van der Waals surface area (Å²) in [6.45, 7) is 3.72. The minimum absolute atomic E-state index is 0.123. The first-order valence-corrected chi connectivity index (χ1v) is 15.6. The van der Waals surface area contributed by atoms with Gasteiger partial charge in [-0.3, -0.25) is 9.10 Å². The minimum Gasteiger partial charge on any atom is -0.366 e. The average Bonchev–Trinajstić information content (AvgIpc) is 3.71. The number of piperazine rings is 1. The van der Waals surface area contributed by atoms with Crippen LogP contribution in [0.25, 0.3) is 0 Å². The van der Waals surface area contributed by atoms with Crippen molar-refractivity contribution in [2.45, 2.75) is 25.3 Å². The van der Waals surface area contributed by atoms with Crippen LogP contribution >= 0.6 is 11.6 Å². The molecule has 2 heterocycles. The first kappa shape index (κ1) is 27.6. The van der Waals surface area contributed by atoms with E-state index in [1.165, 1.54) is 10.6 Å². The Morgan fingerprint density at radius 1 is 1.00 bits per heavy atom. The van der Waals surface area contributed by atoms with Crippen LogP contribution in [-0.4, -0.2) is 88.3 Å². The Balaban J connectivity index is 1.28. The summed E-state index contributed by atoms with van der Waals surface area (Å²) >= 11 is 6.04.